The number of unbranched alkanes of at least 4 members (excludes halogenated alkanes) is 3. The lowest BCUT2D eigenvalue weighted by Crippen LogP contribution is -2.36. The van der Waals surface area contributed by atoms with Gasteiger partial charge in [0.25, 0.3) is 0 Å². The van der Waals surface area contributed by atoms with Gasteiger partial charge in [-0.05, 0) is 20.3 Å². The van der Waals surface area contributed by atoms with E-state index in [1.165, 1.54) is 25.7 Å². The third-order valence-corrected chi connectivity index (χ3v) is 4.03. The molecule has 0 aliphatic carbocycles. The van der Waals surface area contributed by atoms with Crippen molar-refractivity contribution in [1.29, 1.82) is 0 Å². The number of hydrogen-bond acceptors (Lipinski definition) is 3. The molecule has 1 N–H and O–H groups in total. The second-order valence-electron chi connectivity index (χ2n) is 6.00. The summed E-state index contributed by atoms with van der Waals surface area (Å²) in [5.74, 6) is 0.111. The van der Waals surface area contributed by atoms with E-state index < -0.39 is 0 Å². The lowest BCUT2D eigenvalue weighted by molar-refractivity contribution is -0.353. The molecule has 0 saturated carbocycles. The SMILES string of the molecule is CCCCCC[C@]1(C)C[C@@](C)([C@@H](C)CO)OO1. The molecule has 1 aliphatic heterocycles. The summed E-state index contributed by atoms with van der Waals surface area (Å²) in [4.78, 5) is 11.1. The van der Waals surface area contributed by atoms with E-state index in [4.69, 9.17) is 9.78 Å². The Morgan fingerprint density at radius 3 is 2.47 bits per heavy atom. The third kappa shape index (κ3) is 3.94. The molecule has 1 heterocycles. The average Bonchev–Trinajstić information content (AvgIpc) is 2.62. The predicted octanol–water partition coefficient (Wildman–Crippen LogP) is 3.45. The first-order valence-electron chi connectivity index (χ1n) is 6.93. The smallest absolute Gasteiger partial charge is 0.108 e. The maximum Gasteiger partial charge on any atom is 0.108 e. The summed E-state index contributed by atoms with van der Waals surface area (Å²) >= 11 is 0. The van der Waals surface area contributed by atoms with Crippen LogP contribution in [0.5, 0.6) is 0 Å². The summed E-state index contributed by atoms with van der Waals surface area (Å²) in [6, 6.07) is 0. The van der Waals surface area contributed by atoms with Crippen molar-refractivity contribution >= 4 is 0 Å². The van der Waals surface area contributed by atoms with Gasteiger partial charge >= 0.3 is 0 Å². The molecule has 1 fully saturated rings. The molecule has 0 radical (unpaired) electrons. The van der Waals surface area contributed by atoms with Crippen molar-refractivity contribution in [3.63, 3.8) is 0 Å². The molecule has 0 aromatic rings. The molecule has 1 rings (SSSR count). The van der Waals surface area contributed by atoms with Gasteiger partial charge in [0.05, 0.1) is 0 Å². The summed E-state index contributed by atoms with van der Waals surface area (Å²) in [6.07, 6.45) is 6.92. The first-order valence-corrected chi connectivity index (χ1v) is 6.93. The second-order valence-corrected chi connectivity index (χ2v) is 6.00. The number of aliphatic hydroxyl groups excluding tert-OH is 1. The van der Waals surface area contributed by atoms with E-state index in [9.17, 15) is 5.11 Å². The molecular formula is C14H28O3. The van der Waals surface area contributed by atoms with Crippen LogP contribution in [0.2, 0.25) is 0 Å². The molecule has 0 unspecified atom stereocenters. The Bertz CT molecular complexity index is 232. The molecular weight excluding hydrogens is 216 g/mol. The lowest BCUT2D eigenvalue weighted by atomic mass is 9.80. The van der Waals surface area contributed by atoms with E-state index in [0.717, 1.165) is 12.8 Å². The minimum absolute atomic E-state index is 0.111. The van der Waals surface area contributed by atoms with Crippen molar-refractivity contribution in [2.45, 2.75) is 77.4 Å². The van der Waals surface area contributed by atoms with Crippen LogP contribution in [0.3, 0.4) is 0 Å². The summed E-state index contributed by atoms with van der Waals surface area (Å²) in [5, 5.41) is 9.24. The maximum atomic E-state index is 9.24. The lowest BCUT2D eigenvalue weighted by Gasteiger charge is -2.27. The summed E-state index contributed by atoms with van der Waals surface area (Å²) in [5.41, 5.74) is -0.514. The minimum Gasteiger partial charge on any atom is -0.396 e. The van der Waals surface area contributed by atoms with Crippen molar-refractivity contribution < 1.29 is 14.9 Å². The van der Waals surface area contributed by atoms with Crippen molar-refractivity contribution in [3.8, 4) is 0 Å². The van der Waals surface area contributed by atoms with Crippen LogP contribution >= 0.6 is 0 Å². The largest absolute Gasteiger partial charge is 0.396 e. The Labute approximate surface area is 105 Å². The average molecular weight is 244 g/mol. The second kappa shape index (κ2) is 6.17. The van der Waals surface area contributed by atoms with E-state index in [-0.39, 0.29) is 23.7 Å². The van der Waals surface area contributed by atoms with Gasteiger partial charge in [-0.3, -0.25) is 0 Å². The first kappa shape index (κ1) is 14.9. The molecule has 3 heteroatoms. The van der Waals surface area contributed by atoms with Gasteiger partial charge in [0.2, 0.25) is 0 Å². The van der Waals surface area contributed by atoms with Crippen LogP contribution in [0, 0.1) is 5.92 Å². The van der Waals surface area contributed by atoms with Crippen LogP contribution in [0.1, 0.15) is 66.2 Å². The van der Waals surface area contributed by atoms with Crippen molar-refractivity contribution in [1.82, 2.24) is 0 Å². The van der Waals surface area contributed by atoms with Gasteiger partial charge in [0.1, 0.15) is 11.2 Å². The van der Waals surface area contributed by atoms with Crippen LogP contribution in [-0.4, -0.2) is 22.9 Å². The summed E-state index contributed by atoms with van der Waals surface area (Å²) < 4.78 is 0. The number of aliphatic hydroxyl groups is 1. The Kier molecular flexibility index (Phi) is 5.42. The van der Waals surface area contributed by atoms with E-state index in [1.54, 1.807) is 0 Å². The fraction of sp³-hybridized carbons (Fsp3) is 1.00. The van der Waals surface area contributed by atoms with E-state index in [1.807, 2.05) is 13.8 Å². The Morgan fingerprint density at radius 2 is 1.88 bits per heavy atom. The zero-order valence-corrected chi connectivity index (χ0v) is 11.8. The van der Waals surface area contributed by atoms with Gasteiger partial charge < -0.3 is 5.11 Å². The van der Waals surface area contributed by atoms with E-state index in [2.05, 4.69) is 13.8 Å². The standard InChI is InChI=1S/C14H28O3/c1-5-6-7-8-9-13(3)11-14(4,17-16-13)12(2)10-15/h12,15H,5-11H2,1-4H3/t12-,13+,14-/m0/s1. The van der Waals surface area contributed by atoms with Crippen LogP contribution in [0.4, 0.5) is 0 Å². The zero-order valence-electron chi connectivity index (χ0n) is 11.8. The predicted molar refractivity (Wildman–Crippen MR) is 68.6 cm³/mol. The molecule has 0 aromatic heterocycles. The molecule has 0 bridgehead atoms. The monoisotopic (exact) mass is 244 g/mol. The Hall–Kier alpha value is -0.120. The molecule has 0 amide bonds. The van der Waals surface area contributed by atoms with Crippen molar-refractivity contribution in [2.75, 3.05) is 6.61 Å². The molecule has 0 spiro atoms. The molecule has 102 valence electrons. The van der Waals surface area contributed by atoms with Gasteiger partial charge in [-0.25, -0.2) is 9.78 Å². The van der Waals surface area contributed by atoms with Gasteiger partial charge in [-0.1, -0.05) is 39.5 Å². The highest BCUT2D eigenvalue weighted by Crippen LogP contribution is 2.42. The molecule has 0 aromatic carbocycles. The Morgan fingerprint density at radius 1 is 1.18 bits per heavy atom. The van der Waals surface area contributed by atoms with E-state index >= 15 is 0 Å². The molecule has 1 aliphatic rings. The highest BCUT2D eigenvalue weighted by atomic mass is 17.2. The fourth-order valence-corrected chi connectivity index (χ4v) is 2.50. The molecule has 1 saturated heterocycles. The number of rotatable bonds is 7. The van der Waals surface area contributed by atoms with Crippen LogP contribution < -0.4 is 0 Å². The van der Waals surface area contributed by atoms with Gasteiger partial charge in [0, 0.05) is 18.9 Å². The van der Waals surface area contributed by atoms with Gasteiger partial charge in [-0.2, -0.15) is 0 Å². The Balaban J connectivity index is 2.41. The van der Waals surface area contributed by atoms with Gasteiger partial charge in [0.15, 0.2) is 0 Å². The maximum absolute atomic E-state index is 9.24. The van der Waals surface area contributed by atoms with Crippen molar-refractivity contribution in [3.05, 3.63) is 0 Å². The van der Waals surface area contributed by atoms with Gasteiger partial charge in [-0.15, -0.1) is 0 Å². The fourth-order valence-electron chi connectivity index (χ4n) is 2.50. The molecule has 3 nitrogen and oxygen atoms in total. The number of hydrogen-bond donors (Lipinski definition) is 1. The topological polar surface area (TPSA) is 38.7 Å². The quantitative estimate of drug-likeness (QED) is 0.550. The first-order chi connectivity index (χ1) is 7.96. The third-order valence-electron chi connectivity index (χ3n) is 4.03. The molecule has 17 heavy (non-hydrogen) atoms. The van der Waals surface area contributed by atoms with Crippen LogP contribution in [-0.2, 0) is 9.78 Å². The molecule has 3 atom stereocenters. The van der Waals surface area contributed by atoms with Crippen molar-refractivity contribution in [2.24, 2.45) is 5.92 Å². The minimum atomic E-state index is -0.339. The highest BCUT2D eigenvalue weighted by molar-refractivity contribution is 4.93. The van der Waals surface area contributed by atoms with Crippen LogP contribution in [0.15, 0.2) is 0 Å². The van der Waals surface area contributed by atoms with Crippen LogP contribution in [0.25, 0.3) is 0 Å². The summed E-state index contributed by atoms with van der Waals surface area (Å²) in [7, 11) is 0. The zero-order chi connectivity index (χ0) is 12.9. The highest BCUT2D eigenvalue weighted by Gasteiger charge is 2.48. The summed E-state index contributed by atoms with van der Waals surface area (Å²) in [6.45, 7) is 8.52. The normalized spacial score (nSPS) is 35.1. The van der Waals surface area contributed by atoms with E-state index in [0.29, 0.717) is 0 Å².